The van der Waals surface area contributed by atoms with Gasteiger partial charge < -0.3 is 20.3 Å². The van der Waals surface area contributed by atoms with Crippen LogP contribution in [0.25, 0.3) is 0 Å². The monoisotopic (exact) mass is 279 g/mol. The predicted octanol–water partition coefficient (Wildman–Crippen LogP) is 0.262. The first kappa shape index (κ1) is 14.5. The molecule has 0 aliphatic carbocycles. The number of nitrogens with two attached hydrogens (primary N) is 1. The predicted molar refractivity (Wildman–Crippen MR) is 76.2 cm³/mol. The van der Waals surface area contributed by atoms with Gasteiger partial charge in [-0.3, -0.25) is 4.79 Å². The van der Waals surface area contributed by atoms with Gasteiger partial charge in [0.05, 0.1) is 0 Å². The Morgan fingerprint density at radius 3 is 2.75 bits per heavy atom. The number of ether oxygens (including phenoxy) is 1. The van der Waals surface area contributed by atoms with Crippen molar-refractivity contribution < 1.29 is 9.53 Å². The van der Waals surface area contributed by atoms with E-state index in [1.54, 1.807) is 18.1 Å². The number of rotatable bonds is 3. The number of carbonyl (C=O) groups is 1. The second-order valence-corrected chi connectivity index (χ2v) is 5.44. The molecule has 1 aromatic heterocycles. The Bertz CT molecular complexity index is 517. The van der Waals surface area contributed by atoms with Gasteiger partial charge in [-0.25, -0.2) is 9.97 Å². The number of likely N-dealkylation sites (N-methyl/N-ethyl adjacent to an activating group) is 1. The lowest BCUT2D eigenvalue weighted by Crippen LogP contribution is -2.62. The Kier molecular flexibility index (Phi) is 3.80. The van der Waals surface area contributed by atoms with E-state index < -0.39 is 5.54 Å². The topological polar surface area (TPSA) is 84.6 Å². The van der Waals surface area contributed by atoms with Gasteiger partial charge in [0.1, 0.15) is 23.8 Å². The zero-order valence-electron chi connectivity index (χ0n) is 12.4. The molecule has 1 amide bonds. The fraction of sp³-hybridized carbons (Fsp3) is 0.615. The average Bonchev–Trinajstić information content (AvgIpc) is 2.36. The second kappa shape index (κ2) is 5.24. The van der Waals surface area contributed by atoms with E-state index in [9.17, 15) is 4.79 Å². The third-order valence-corrected chi connectivity index (χ3v) is 3.53. The number of nitrogens with zero attached hydrogens (tertiary/aromatic N) is 4. The van der Waals surface area contributed by atoms with E-state index in [4.69, 9.17) is 10.5 Å². The normalized spacial score (nSPS) is 18.5. The number of nitrogen functional groups attached to an aromatic ring is 1. The lowest BCUT2D eigenvalue weighted by molar-refractivity contribution is -0.136. The summed E-state index contributed by atoms with van der Waals surface area (Å²) in [5.41, 5.74) is 5.16. The van der Waals surface area contributed by atoms with E-state index in [1.807, 2.05) is 25.8 Å². The maximum absolute atomic E-state index is 12.3. The first-order valence-corrected chi connectivity index (χ1v) is 6.52. The van der Waals surface area contributed by atoms with Gasteiger partial charge in [-0.2, -0.15) is 0 Å². The van der Waals surface area contributed by atoms with Gasteiger partial charge >= 0.3 is 0 Å². The van der Waals surface area contributed by atoms with Crippen LogP contribution in [0.15, 0.2) is 6.07 Å². The van der Waals surface area contributed by atoms with Gasteiger partial charge in [-0.1, -0.05) is 0 Å². The smallest absolute Gasteiger partial charge is 0.247 e. The quantitative estimate of drug-likeness (QED) is 0.854. The van der Waals surface area contributed by atoms with Crippen molar-refractivity contribution in [3.05, 3.63) is 11.9 Å². The standard InChI is InChI=1S/C13H21N5O2/c1-13(2)12(19)17(3)5-6-18(13)11-7-9(14)15-10(16-11)8-20-4/h7H,5-6,8H2,1-4H3,(H2,14,15,16). The molecule has 1 aliphatic heterocycles. The molecule has 2 N–H and O–H groups in total. The van der Waals surface area contributed by atoms with Gasteiger partial charge in [-0.15, -0.1) is 0 Å². The minimum atomic E-state index is -0.655. The summed E-state index contributed by atoms with van der Waals surface area (Å²) in [5, 5.41) is 0. The fourth-order valence-corrected chi connectivity index (χ4v) is 2.45. The minimum Gasteiger partial charge on any atom is -0.384 e. The molecule has 0 bridgehead atoms. The molecule has 20 heavy (non-hydrogen) atoms. The molecule has 110 valence electrons. The van der Waals surface area contributed by atoms with Crippen LogP contribution >= 0.6 is 0 Å². The third-order valence-electron chi connectivity index (χ3n) is 3.53. The van der Waals surface area contributed by atoms with E-state index in [0.717, 1.165) is 0 Å². The molecule has 1 aliphatic rings. The van der Waals surface area contributed by atoms with Crippen molar-refractivity contribution in [2.75, 3.05) is 37.9 Å². The SMILES string of the molecule is COCc1nc(N)cc(N2CCN(C)C(=O)C2(C)C)n1. The van der Waals surface area contributed by atoms with E-state index in [-0.39, 0.29) is 5.91 Å². The van der Waals surface area contributed by atoms with Gasteiger partial charge in [0, 0.05) is 33.3 Å². The highest BCUT2D eigenvalue weighted by molar-refractivity contribution is 5.90. The zero-order valence-corrected chi connectivity index (χ0v) is 12.4. The Morgan fingerprint density at radius 2 is 2.10 bits per heavy atom. The Hall–Kier alpha value is -1.89. The van der Waals surface area contributed by atoms with E-state index >= 15 is 0 Å². The molecule has 0 spiro atoms. The minimum absolute atomic E-state index is 0.0641. The summed E-state index contributed by atoms with van der Waals surface area (Å²) in [6, 6.07) is 1.69. The summed E-state index contributed by atoms with van der Waals surface area (Å²) in [5.74, 6) is 1.62. The first-order chi connectivity index (χ1) is 9.36. The highest BCUT2D eigenvalue weighted by Crippen LogP contribution is 2.28. The molecule has 1 saturated heterocycles. The molecule has 0 aromatic carbocycles. The van der Waals surface area contributed by atoms with E-state index in [1.165, 1.54) is 0 Å². The molecule has 1 aromatic rings. The molecular weight excluding hydrogens is 258 g/mol. The Balaban J connectivity index is 2.37. The van der Waals surface area contributed by atoms with Crippen molar-refractivity contribution in [3.63, 3.8) is 0 Å². The number of piperazine rings is 1. The van der Waals surface area contributed by atoms with Crippen molar-refractivity contribution in [1.29, 1.82) is 0 Å². The van der Waals surface area contributed by atoms with Gasteiger partial charge in [0.2, 0.25) is 5.91 Å². The number of carbonyl (C=O) groups excluding carboxylic acids is 1. The lowest BCUT2D eigenvalue weighted by atomic mass is 9.98. The number of amides is 1. The van der Waals surface area contributed by atoms with Crippen LogP contribution in [0.5, 0.6) is 0 Å². The summed E-state index contributed by atoms with van der Waals surface area (Å²) in [4.78, 5) is 24.6. The van der Waals surface area contributed by atoms with Crippen molar-refractivity contribution in [3.8, 4) is 0 Å². The highest BCUT2D eigenvalue weighted by atomic mass is 16.5. The maximum Gasteiger partial charge on any atom is 0.247 e. The van der Waals surface area contributed by atoms with Crippen LogP contribution < -0.4 is 10.6 Å². The van der Waals surface area contributed by atoms with Crippen LogP contribution in [0, 0.1) is 0 Å². The largest absolute Gasteiger partial charge is 0.384 e. The highest BCUT2D eigenvalue weighted by Gasteiger charge is 2.41. The maximum atomic E-state index is 12.3. The zero-order chi connectivity index (χ0) is 14.9. The summed E-state index contributed by atoms with van der Waals surface area (Å²) in [6.07, 6.45) is 0. The number of anilines is 2. The third kappa shape index (κ3) is 2.53. The molecule has 1 fully saturated rings. The molecule has 7 nitrogen and oxygen atoms in total. The number of hydrogen-bond donors (Lipinski definition) is 1. The second-order valence-electron chi connectivity index (χ2n) is 5.44. The summed E-state index contributed by atoms with van der Waals surface area (Å²) >= 11 is 0. The lowest BCUT2D eigenvalue weighted by Gasteiger charge is -2.45. The molecule has 0 atom stereocenters. The molecule has 0 unspecified atom stereocenters. The first-order valence-electron chi connectivity index (χ1n) is 6.52. The van der Waals surface area contributed by atoms with Crippen LogP contribution in [0.3, 0.4) is 0 Å². The van der Waals surface area contributed by atoms with Crippen molar-refractivity contribution in [2.45, 2.75) is 26.0 Å². The molecule has 0 saturated carbocycles. The van der Waals surface area contributed by atoms with Gasteiger partial charge in [0.25, 0.3) is 0 Å². The summed E-state index contributed by atoms with van der Waals surface area (Å²) in [7, 11) is 3.39. The molecule has 0 radical (unpaired) electrons. The molecular formula is C13H21N5O2. The summed E-state index contributed by atoms with van der Waals surface area (Å²) < 4.78 is 5.04. The van der Waals surface area contributed by atoms with Crippen molar-refractivity contribution >= 4 is 17.5 Å². The van der Waals surface area contributed by atoms with Crippen molar-refractivity contribution in [2.24, 2.45) is 0 Å². The fourth-order valence-electron chi connectivity index (χ4n) is 2.45. The molecule has 2 heterocycles. The van der Waals surface area contributed by atoms with Gasteiger partial charge in [-0.05, 0) is 13.8 Å². The van der Waals surface area contributed by atoms with E-state index in [0.29, 0.717) is 37.2 Å². The summed E-state index contributed by atoms with van der Waals surface area (Å²) in [6.45, 7) is 5.43. The number of methoxy groups -OCH3 is 1. The Morgan fingerprint density at radius 1 is 1.40 bits per heavy atom. The van der Waals surface area contributed by atoms with Crippen LogP contribution in [0.4, 0.5) is 11.6 Å². The molecule has 2 rings (SSSR count). The molecule has 7 heteroatoms. The number of hydrogen-bond acceptors (Lipinski definition) is 6. The van der Waals surface area contributed by atoms with Gasteiger partial charge in [0.15, 0.2) is 5.82 Å². The van der Waals surface area contributed by atoms with Crippen LogP contribution in [-0.4, -0.2) is 53.6 Å². The Labute approximate surface area is 118 Å². The van der Waals surface area contributed by atoms with Crippen molar-refractivity contribution in [1.82, 2.24) is 14.9 Å². The van der Waals surface area contributed by atoms with Crippen LogP contribution in [0.1, 0.15) is 19.7 Å². The van der Waals surface area contributed by atoms with Crippen LogP contribution in [-0.2, 0) is 16.1 Å². The van der Waals surface area contributed by atoms with E-state index in [2.05, 4.69) is 9.97 Å². The average molecular weight is 279 g/mol. The van der Waals surface area contributed by atoms with Crippen LogP contribution in [0.2, 0.25) is 0 Å². The number of aromatic nitrogens is 2.